The summed E-state index contributed by atoms with van der Waals surface area (Å²) in [5.41, 5.74) is 0.866. The van der Waals surface area contributed by atoms with Crippen LogP contribution in [0.25, 0.3) is 0 Å². The Hall–Kier alpha value is -0.540. The van der Waals surface area contributed by atoms with Gasteiger partial charge in [-0.2, -0.15) is 0 Å². The van der Waals surface area contributed by atoms with E-state index >= 15 is 0 Å². The van der Waals surface area contributed by atoms with E-state index < -0.39 is 11.3 Å². The van der Waals surface area contributed by atoms with Gasteiger partial charge in [0.2, 0.25) is 0 Å². The highest BCUT2D eigenvalue weighted by atomic mass is 79.9. The van der Waals surface area contributed by atoms with E-state index in [2.05, 4.69) is 15.9 Å². The van der Waals surface area contributed by atoms with Crippen molar-refractivity contribution in [2.45, 2.75) is 10.2 Å². The highest BCUT2D eigenvalue weighted by molar-refractivity contribution is 9.09. The van der Waals surface area contributed by atoms with E-state index in [1.165, 1.54) is 0 Å². The zero-order valence-electron chi connectivity index (χ0n) is 6.65. The molecule has 70 valence electrons. The van der Waals surface area contributed by atoms with Gasteiger partial charge in [0.25, 0.3) is 0 Å². The van der Waals surface area contributed by atoms with Gasteiger partial charge < -0.3 is 5.11 Å². The van der Waals surface area contributed by atoms with Gasteiger partial charge in [0, 0.05) is 0 Å². The van der Waals surface area contributed by atoms with E-state index in [4.69, 9.17) is 16.7 Å². The maximum Gasteiger partial charge on any atom is 0.323 e. The maximum absolute atomic E-state index is 10.6. The molecule has 0 aliphatic carbocycles. The molecule has 0 amide bonds. The molecule has 0 saturated heterocycles. The van der Waals surface area contributed by atoms with Crippen molar-refractivity contribution in [3.8, 4) is 0 Å². The van der Waals surface area contributed by atoms with Gasteiger partial charge in [0.05, 0.1) is 4.83 Å². The Balaban J connectivity index is 2.79. The molecule has 0 bridgehead atoms. The van der Waals surface area contributed by atoms with Gasteiger partial charge in [0.1, 0.15) is 5.38 Å². The molecule has 2 atom stereocenters. The van der Waals surface area contributed by atoms with Crippen molar-refractivity contribution in [3.05, 3.63) is 35.9 Å². The van der Waals surface area contributed by atoms with Crippen LogP contribution >= 0.6 is 27.5 Å². The molecule has 0 aliphatic rings. The number of alkyl halides is 2. The number of hydrogen-bond acceptors (Lipinski definition) is 1. The van der Waals surface area contributed by atoms with Crippen LogP contribution in [0.15, 0.2) is 30.3 Å². The Kier molecular flexibility index (Phi) is 3.75. The van der Waals surface area contributed by atoms with Crippen LogP contribution in [0, 0.1) is 0 Å². The van der Waals surface area contributed by atoms with Gasteiger partial charge in [-0.05, 0) is 5.56 Å². The number of hydrogen-bond donors (Lipinski definition) is 1. The summed E-state index contributed by atoms with van der Waals surface area (Å²) in [5, 5.41) is 7.71. The van der Waals surface area contributed by atoms with Crippen LogP contribution in [-0.4, -0.2) is 16.5 Å². The predicted octanol–water partition coefficient (Wildman–Crippen LogP) is 2.81. The second-order valence-electron chi connectivity index (χ2n) is 2.55. The van der Waals surface area contributed by atoms with Gasteiger partial charge in [0.15, 0.2) is 0 Å². The van der Waals surface area contributed by atoms with Gasteiger partial charge >= 0.3 is 5.97 Å². The van der Waals surface area contributed by atoms with Crippen molar-refractivity contribution >= 4 is 33.5 Å². The Bertz CT molecular complexity index is 289. The molecule has 1 N–H and O–H groups in total. The summed E-state index contributed by atoms with van der Waals surface area (Å²) in [7, 11) is 0. The Labute approximate surface area is 89.7 Å². The number of carboxylic acid groups (broad SMARTS) is 1. The van der Waals surface area contributed by atoms with Crippen molar-refractivity contribution in [1.82, 2.24) is 0 Å². The fourth-order valence-electron chi connectivity index (χ4n) is 0.931. The molecule has 0 radical (unpaired) electrons. The van der Waals surface area contributed by atoms with Gasteiger partial charge in [-0.15, -0.1) is 11.6 Å². The monoisotopic (exact) mass is 262 g/mol. The Morgan fingerprint density at radius 3 is 2.38 bits per heavy atom. The van der Waals surface area contributed by atoms with Crippen LogP contribution in [0.1, 0.15) is 10.4 Å². The van der Waals surface area contributed by atoms with Crippen LogP contribution in [-0.2, 0) is 4.79 Å². The normalized spacial score (nSPS) is 14.9. The molecule has 4 heteroatoms. The lowest BCUT2D eigenvalue weighted by atomic mass is 10.1. The SMILES string of the molecule is O=C(O)C(Cl)C(Br)c1ccccc1. The van der Waals surface area contributed by atoms with E-state index in [1.54, 1.807) is 0 Å². The summed E-state index contributed by atoms with van der Waals surface area (Å²) in [6.07, 6.45) is 0. The Morgan fingerprint density at radius 2 is 1.92 bits per heavy atom. The zero-order chi connectivity index (χ0) is 9.84. The third-order valence-corrected chi connectivity index (χ3v) is 3.41. The molecule has 13 heavy (non-hydrogen) atoms. The number of rotatable bonds is 3. The summed E-state index contributed by atoms with van der Waals surface area (Å²) in [6, 6.07) is 9.22. The first-order chi connectivity index (χ1) is 6.13. The molecule has 0 fully saturated rings. The molecule has 0 aromatic heterocycles. The molecular weight excluding hydrogens is 255 g/mol. The molecule has 1 aromatic carbocycles. The average Bonchev–Trinajstić information content (AvgIpc) is 2.17. The molecule has 0 aliphatic heterocycles. The standard InChI is InChI=1S/C9H8BrClO2/c10-7(8(11)9(12)13)6-4-2-1-3-5-6/h1-5,7-8H,(H,12,13). The van der Waals surface area contributed by atoms with Crippen LogP contribution < -0.4 is 0 Å². The molecule has 1 rings (SSSR count). The van der Waals surface area contributed by atoms with Gasteiger partial charge in [-0.3, -0.25) is 4.79 Å². The number of benzene rings is 1. The third kappa shape index (κ3) is 2.71. The number of carbonyl (C=O) groups is 1. The van der Waals surface area contributed by atoms with Crippen LogP contribution in [0.2, 0.25) is 0 Å². The lowest BCUT2D eigenvalue weighted by Crippen LogP contribution is -2.18. The van der Waals surface area contributed by atoms with Crippen molar-refractivity contribution in [3.63, 3.8) is 0 Å². The van der Waals surface area contributed by atoms with E-state index in [0.717, 1.165) is 5.56 Å². The topological polar surface area (TPSA) is 37.3 Å². The van der Waals surface area contributed by atoms with E-state index in [1.807, 2.05) is 30.3 Å². The van der Waals surface area contributed by atoms with Crippen LogP contribution in [0.4, 0.5) is 0 Å². The lowest BCUT2D eigenvalue weighted by molar-refractivity contribution is -0.136. The first-order valence-corrected chi connectivity index (χ1v) is 5.04. The minimum Gasteiger partial charge on any atom is -0.480 e. The van der Waals surface area contributed by atoms with E-state index in [0.29, 0.717) is 0 Å². The second-order valence-corrected chi connectivity index (χ2v) is 4.01. The molecule has 0 saturated carbocycles. The predicted molar refractivity (Wildman–Crippen MR) is 55.4 cm³/mol. The highest BCUT2D eigenvalue weighted by Crippen LogP contribution is 2.29. The van der Waals surface area contributed by atoms with Crippen LogP contribution in [0.3, 0.4) is 0 Å². The summed E-state index contributed by atoms with van der Waals surface area (Å²) in [5.74, 6) is -1.02. The first-order valence-electron chi connectivity index (χ1n) is 3.69. The number of carboxylic acids is 1. The summed E-state index contributed by atoms with van der Waals surface area (Å²) in [6.45, 7) is 0. The smallest absolute Gasteiger partial charge is 0.323 e. The summed E-state index contributed by atoms with van der Waals surface area (Å²) in [4.78, 5) is 10.2. The summed E-state index contributed by atoms with van der Waals surface area (Å²) < 4.78 is 0. The lowest BCUT2D eigenvalue weighted by Gasteiger charge is -2.12. The summed E-state index contributed by atoms with van der Waals surface area (Å²) >= 11 is 8.89. The second kappa shape index (κ2) is 4.63. The molecule has 2 unspecified atom stereocenters. The first kappa shape index (κ1) is 10.5. The van der Waals surface area contributed by atoms with E-state index in [-0.39, 0.29) is 4.83 Å². The number of aliphatic carboxylic acids is 1. The largest absolute Gasteiger partial charge is 0.480 e. The van der Waals surface area contributed by atoms with Crippen molar-refractivity contribution in [2.24, 2.45) is 0 Å². The molecule has 0 spiro atoms. The molecular formula is C9H8BrClO2. The average molecular weight is 264 g/mol. The minimum absolute atomic E-state index is 0.354. The third-order valence-electron chi connectivity index (χ3n) is 1.61. The molecule has 0 heterocycles. The number of halogens is 2. The Morgan fingerprint density at radius 1 is 1.38 bits per heavy atom. The van der Waals surface area contributed by atoms with Crippen LogP contribution in [0.5, 0.6) is 0 Å². The van der Waals surface area contributed by atoms with Gasteiger partial charge in [-0.25, -0.2) is 0 Å². The van der Waals surface area contributed by atoms with Crippen molar-refractivity contribution in [2.75, 3.05) is 0 Å². The van der Waals surface area contributed by atoms with Crippen molar-refractivity contribution in [1.29, 1.82) is 0 Å². The fraction of sp³-hybridized carbons (Fsp3) is 0.222. The maximum atomic E-state index is 10.6. The molecule has 2 nitrogen and oxygen atoms in total. The minimum atomic E-state index is -1.02. The van der Waals surface area contributed by atoms with Gasteiger partial charge in [-0.1, -0.05) is 46.3 Å². The fourth-order valence-corrected chi connectivity index (χ4v) is 1.61. The highest BCUT2D eigenvalue weighted by Gasteiger charge is 2.24. The zero-order valence-corrected chi connectivity index (χ0v) is 8.99. The molecule has 1 aromatic rings. The van der Waals surface area contributed by atoms with E-state index in [9.17, 15) is 4.79 Å². The van der Waals surface area contributed by atoms with Crippen molar-refractivity contribution < 1.29 is 9.90 Å². The quantitative estimate of drug-likeness (QED) is 0.852.